The van der Waals surface area contributed by atoms with Crippen molar-refractivity contribution in [1.82, 2.24) is 14.4 Å². The molecule has 2 fully saturated rings. The van der Waals surface area contributed by atoms with Crippen LogP contribution in [0.3, 0.4) is 0 Å². The Morgan fingerprint density at radius 2 is 2.25 bits per heavy atom. The minimum atomic E-state index is 0.114. The summed E-state index contributed by atoms with van der Waals surface area (Å²) in [5, 5.41) is 4.34. The molecule has 0 saturated carbocycles. The number of rotatable bonds is 3. The van der Waals surface area contributed by atoms with Gasteiger partial charge in [0.15, 0.2) is 0 Å². The minimum absolute atomic E-state index is 0.114. The van der Waals surface area contributed by atoms with Crippen molar-refractivity contribution in [3.63, 3.8) is 0 Å². The van der Waals surface area contributed by atoms with E-state index in [4.69, 9.17) is 4.74 Å². The lowest BCUT2D eigenvalue weighted by Crippen LogP contribution is -2.34. The van der Waals surface area contributed by atoms with Gasteiger partial charge in [-0.3, -0.25) is 9.69 Å². The van der Waals surface area contributed by atoms with Gasteiger partial charge in [0.25, 0.3) is 5.91 Å². The smallest absolute Gasteiger partial charge is 0.270 e. The number of likely N-dealkylation sites (tertiary alicyclic amines) is 1. The highest BCUT2D eigenvalue weighted by molar-refractivity contribution is 7.07. The van der Waals surface area contributed by atoms with Gasteiger partial charge < -0.3 is 14.2 Å². The van der Waals surface area contributed by atoms with Gasteiger partial charge in [0.2, 0.25) is 0 Å². The molecule has 24 heavy (non-hydrogen) atoms. The normalized spacial score (nSPS) is 24.8. The van der Waals surface area contributed by atoms with E-state index < -0.39 is 0 Å². The molecule has 2 aliphatic heterocycles. The molecule has 0 radical (unpaired) electrons. The van der Waals surface area contributed by atoms with Crippen molar-refractivity contribution >= 4 is 17.2 Å². The van der Waals surface area contributed by atoms with Crippen LogP contribution >= 0.6 is 11.3 Å². The van der Waals surface area contributed by atoms with Crippen molar-refractivity contribution in [2.75, 3.05) is 32.8 Å². The second-order valence-electron chi connectivity index (χ2n) is 6.75. The van der Waals surface area contributed by atoms with E-state index in [-0.39, 0.29) is 12.0 Å². The fourth-order valence-electron chi connectivity index (χ4n) is 3.76. The third kappa shape index (κ3) is 3.14. The SMILES string of the molecule is Cn1cccc1C(=O)N1C[C@H]2CN(Cc3ccsc3)CCO[C@H]2C1. The van der Waals surface area contributed by atoms with Crippen LogP contribution in [0.4, 0.5) is 0 Å². The van der Waals surface area contributed by atoms with Crippen LogP contribution in [0.25, 0.3) is 0 Å². The monoisotopic (exact) mass is 345 g/mol. The molecule has 128 valence electrons. The van der Waals surface area contributed by atoms with Crippen molar-refractivity contribution in [1.29, 1.82) is 0 Å². The van der Waals surface area contributed by atoms with Crippen molar-refractivity contribution in [3.8, 4) is 0 Å². The summed E-state index contributed by atoms with van der Waals surface area (Å²) in [7, 11) is 1.92. The van der Waals surface area contributed by atoms with Gasteiger partial charge in [0.1, 0.15) is 5.69 Å². The molecule has 2 saturated heterocycles. The summed E-state index contributed by atoms with van der Waals surface area (Å²) in [6, 6.07) is 5.99. The van der Waals surface area contributed by atoms with Gasteiger partial charge in [0, 0.05) is 51.9 Å². The highest BCUT2D eigenvalue weighted by Gasteiger charge is 2.39. The Hall–Kier alpha value is -1.63. The predicted molar refractivity (Wildman–Crippen MR) is 94.1 cm³/mol. The van der Waals surface area contributed by atoms with E-state index in [9.17, 15) is 4.79 Å². The first-order chi connectivity index (χ1) is 11.7. The van der Waals surface area contributed by atoms with Gasteiger partial charge in [-0.2, -0.15) is 11.3 Å². The van der Waals surface area contributed by atoms with Crippen molar-refractivity contribution in [2.24, 2.45) is 13.0 Å². The van der Waals surface area contributed by atoms with E-state index in [1.807, 2.05) is 34.8 Å². The summed E-state index contributed by atoms with van der Waals surface area (Å²) in [6.45, 7) is 5.18. The van der Waals surface area contributed by atoms with Gasteiger partial charge in [-0.1, -0.05) is 0 Å². The number of aromatic nitrogens is 1. The zero-order valence-electron chi connectivity index (χ0n) is 13.9. The number of hydrogen-bond acceptors (Lipinski definition) is 4. The molecule has 1 amide bonds. The minimum Gasteiger partial charge on any atom is -0.375 e. The summed E-state index contributed by atoms with van der Waals surface area (Å²) < 4.78 is 7.95. The van der Waals surface area contributed by atoms with Crippen LogP contribution in [0, 0.1) is 5.92 Å². The number of nitrogens with zero attached hydrogens (tertiary/aromatic N) is 3. The fraction of sp³-hybridized carbons (Fsp3) is 0.500. The van der Waals surface area contributed by atoms with Crippen LogP contribution in [0.5, 0.6) is 0 Å². The highest BCUT2D eigenvalue weighted by Crippen LogP contribution is 2.26. The zero-order chi connectivity index (χ0) is 16.5. The molecule has 2 aliphatic rings. The molecule has 4 heterocycles. The van der Waals surface area contributed by atoms with Crippen molar-refractivity contribution in [2.45, 2.75) is 12.6 Å². The van der Waals surface area contributed by atoms with Crippen LogP contribution in [-0.4, -0.2) is 59.2 Å². The molecule has 5 nitrogen and oxygen atoms in total. The Kier molecular flexibility index (Phi) is 4.43. The molecule has 0 bridgehead atoms. The number of fused-ring (bicyclic) bond motifs is 1. The average molecular weight is 345 g/mol. The molecule has 2 aromatic heterocycles. The largest absolute Gasteiger partial charge is 0.375 e. The predicted octanol–water partition coefficient (Wildman–Crippen LogP) is 2.06. The van der Waals surface area contributed by atoms with E-state index in [0.717, 1.165) is 38.5 Å². The van der Waals surface area contributed by atoms with E-state index in [1.165, 1.54) is 5.56 Å². The standard InChI is InChI=1S/C18H23N3O2S/c1-19-5-2-3-16(19)18(22)21-11-15-10-20(6-7-23-17(15)12-21)9-14-4-8-24-13-14/h2-5,8,13,15,17H,6-7,9-12H2,1H3/t15-,17+/m1/s1. The Balaban J connectivity index is 1.42. The molecular weight excluding hydrogens is 322 g/mol. The quantitative estimate of drug-likeness (QED) is 0.855. The Morgan fingerprint density at radius 1 is 1.33 bits per heavy atom. The van der Waals surface area contributed by atoms with Gasteiger partial charge in [0.05, 0.1) is 12.7 Å². The number of hydrogen-bond donors (Lipinski definition) is 0. The van der Waals surface area contributed by atoms with Crippen LogP contribution in [-0.2, 0) is 18.3 Å². The lowest BCUT2D eigenvalue weighted by Gasteiger charge is -2.23. The number of aryl methyl sites for hydroxylation is 1. The van der Waals surface area contributed by atoms with Crippen LogP contribution in [0.2, 0.25) is 0 Å². The lowest BCUT2D eigenvalue weighted by atomic mass is 10.1. The van der Waals surface area contributed by atoms with Gasteiger partial charge in [-0.15, -0.1) is 0 Å². The summed E-state index contributed by atoms with van der Waals surface area (Å²) >= 11 is 1.74. The summed E-state index contributed by atoms with van der Waals surface area (Å²) in [5.41, 5.74) is 2.12. The number of thiophene rings is 1. The molecule has 0 unspecified atom stereocenters. The molecular formula is C18H23N3O2S. The zero-order valence-corrected chi connectivity index (χ0v) is 14.7. The first kappa shape index (κ1) is 15.9. The van der Waals surface area contributed by atoms with Crippen molar-refractivity contribution < 1.29 is 9.53 Å². The van der Waals surface area contributed by atoms with Gasteiger partial charge in [-0.25, -0.2) is 0 Å². The second-order valence-corrected chi connectivity index (χ2v) is 7.53. The summed E-state index contributed by atoms with van der Waals surface area (Å²) in [5.74, 6) is 0.513. The van der Waals surface area contributed by atoms with Crippen LogP contribution < -0.4 is 0 Å². The molecule has 0 aliphatic carbocycles. The maximum Gasteiger partial charge on any atom is 0.270 e. The van der Waals surface area contributed by atoms with E-state index in [1.54, 1.807) is 11.3 Å². The Labute approximate surface area is 146 Å². The van der Waals surface area contributed by atoms with E-state index in [0.29, 0.717) is 12.5 Å². The highest BCUT2D eigenvalue weighted by atomic mass is 32.1. The number of amides is 1. The Morgan fingerprint density at radius 3 is 3.00 bits per heavy atom. The first-order valence-electron chi connectivity index (χ1n) is 8.46. The summed E-state index contributed by atoms with van der Waals surface area (Å²) in [6.07, 6.45) is 2.09. The third-order valence-corrected chi connectivity index (χ3v) is 5.78. The van der Waals surface area contributed by atoms with Crippen LogP contribution in [0.1, 0.15) is 16.1 Å². The van der Waals surface area contributed by atoms with E-state index in [2.05, 4.69) is 21.7 Å². The number of carbonyl (C=O) groups is 1. The molecule has 2 aromatic rings. The van der Waals surface area contributed by atoms with Crippen LogP contribution in [0.15, 0.2) is 35.2 Å². The fourth-order valence-corrected chi connectivity index (χ4v) is 4.42. The third-order valence-electron chi connectivity index (χ3n) is 5.05. The average Bonchev–Trinajstić information content (AvgIpc) is 3.28. The molecule has 0 aromatic carbocycles. The molecule has 0 spiro atoms. The van der Waals surface area contributed by atoms with Gasteiger partial charge >= 0.3 is 0 Å². The van der Waals surface area contributed by atoms with E-state index >= 15 is 0 Å². The second kappa shape index (κ2) is 6.70. The molecule has 0 N–H and O–H groups in total. The molecule has 6 heteroatoms. The Bertz CT molecular complexity index is 697. The lowest BCUT2D eigenvalue weighted by molar-refractivity contribution is 0.0481. The summed E-state index contributed by atoms with van der Waals surface area (Å²) in [4.78, 5) is 17.2. The maximum absolute atomic E-state index is 12.7. The first-order valence-corrected chi connectivity index (χ1v) is 9.40. The molecule has 4 rings (SSSR count). The number of carbonyl (C=O) groups excluding carboxylic acids is 1. The maximum atomic E-state index is 12.7. The molecule has 2 atom stereocenters. The van der Waals surface area contributed by atoms with Crippen molar-refractivity contribution in [3.05, 3.63) is 46.4 Å². The topological polar surface area (TPSA) is 37.7 Å². The number of ether oxygens (including phenoxy) is 1. The van der Waals surface area contributed by atoms with Gasteiger partial charge in [-0.05, 0) is 34.5 Å².